The molecule has 1 aliphatic rings. The highest BCUT2D eigenvalue weighted by Crippen LogP contribution is 2.23. The van der Waals surface area contributed by atoms with Crippen LogP contribution in [-0.2, 0) is 17.8 Å². The van der Waals surface area contributed by atoms with E-state index < -0.39 is 0 Å². The van der Waals surface area contributed by atoms with Gasteiger partial charge in [0, 0.05) is 30.6 Å². The Hall–Kier alpha value is -3.52. The molecule has 32 heavy (non-hydrogen) atoms. The molecule has 0 saturated carbocycles. The number of rotatable bonds is 6. The minimum Gasteiger partial charge on any atom is -0.376 e. The van der Waals surface area contributed by atoms with E-state index in [0.717, 1.165) is 47.0 Å². The predicted molar refractivity (Wildman–Crippen MR) is 121 cm³/mol. The lowest BCUT2D eigenvalue weighted by atomic mass is 10.1. The molecule has 5 rings (SSSR count). The van der Waals surface area contributed by atoms with E-state index in [9.17, 15) is 4.79 Å². The molecule has 4 aromatic rings. The lowest BCUT2D eigenvalue weighted by Gasteiger charge is -2.26. The van der Waals surface area contributed by atoms with Gasteiger partial charge in [-0.05, 0) is 54.0 Å². The number of urea groups is 1. The average Bonchev–Trinajstić information content (AvgIpc) is 3.50. The first-order chi connectivity index (χ1) is 15.7. The molecule has 0 radical (unpaired) electrons. The zero-order valence-electron chi connectivity index (χ0n) is 18.1. The van der Waals surface area contributed by atoms with Gasteiger partial charge in [0.2, 0.25) is 0 Å². The molecule has 2 aromatic heterocycles. The van der Waals surface area contributed by atoms with Gasteiger partial charge in [0.15, 0.2) is 5.65 Å². The van der Waals surface area contributed by atoms with Gasteiger partial charge in [-0.15, -0.1) is 5.10 Å². The smallest absolute Gasteiger partial charge is 0.318 e. The molecule has 1 fully saturated rings. The van der Waals surface area contributed by atoms with Gasteiger partial charge < -0.3 is 15.0 Å². The van der Waals surface area contributed by atoms with Crippen molar-refractivity contribution in [2.75, 3.05) is 13.2 Å². The summed E-state index contributed by atoms with van der Waals surface area (Å²) < 4.78 is 7.57. The van der Waals surface area contributed by atoms with Crippen LogP contribution in [0.5, 0.6) is 0 Å². The Morgan fingerprint density at radius 1 is 1.22 bits per heavy atom. The molecule has 1 saturated heterocycles. The monoisotopic (exact) mass is 430 g/mol. The minimum atomic E-state index is -0.126. The first-order valence-electron chi connectivity index (χ1n) is 11.0. The average molecular weight is 431 g/mol. The maximum absolute atomic E-state index is 13.2. The van der Waals surface area contributed by atoms with Crippen LogP contribution in [0.1, 0.15) is 29.5 Å². The third-order valence-electron chi connectivity index (χ3n) is 5.88. The van der Waals surface area contributed by atoms with Crippen LogP contribution in [0.3, 0.4) is 0 Å². The second kappa shape index (κ2) is 8.92. The van der Waals surface area contributed by atoms with E-state index in [2.05, 4.69) is 39.9 Å². The van der Waals surface area contributed by atoms with Crippen molar-refractivity contribution in [1.29, 1.82) is 0 Å². The van der Waals surface area contributed by atoms with Gasteiger partial charge >= 0.3 is 6.03 Å². The van der Waals surface area contributed by atoms with Gasteiger partial charge in [0.05, 0.1) is 18.2 Å². The molecule has 2 amide bonds. The van der Waals surface area contributed by atoms with Crippen molar-refractivity contribution in [3.8, 4) is 0 Å². The van der Waals surface area contributed by atoms with E-state index in [1.165, 1.54) is 0 Å². The summed E-state index contributed by atoms with van der Waals surface area (Å²) in [6, 6.07) is 18.0. The summed E-state index contributed by atoms with van der Waals surface area (Å²) in [5.74, 6) is 0. The largest absolute Gasteiger partial charge is 0.376 e. The number of nitrogens with zero attached hydrogens (tertiary/aromatic N) is 5. The number of tetrazole rings is 1. The Balaban J connectivity index is 1.43. The third kappa shape index (κ3) is 4.27. The van der Waals surface area contributed by atoms with Crippen LogP contribution in [0.15, 0.2) is 54.6 Å². The quantitative estimate of drug-likeness (QED) is 0.506. The van der Waals surface area contributed by atoms with Gasteiger partial charge in [-0.3, -0.25) is 0 Å². The second-order valence-corrected chi connectivity index (χ2v) is 8.31. The Kier molecular flexibility index (Phi) is 5.68. The fourth-order valence-corrected chi connectivity index (χ4v) is 4.25. The zero-order valence-corrected chi connectivity index (χ0v) is 18.1. The first kappa shape index (κ1) is 20.4. The van der Waals surface area contributed by atoms with Crippen molar-refractivity contribution in [1.82, 2.24) is 30.3 Å². The van der Waals surface area contributed by atoms with Crippen LogP contribution in [-0.4, -0.2) is 50.2 Å². The molecular formula is C24H26N6O2. The molecule has 0 bridgehead atoms. The number of nitrogens with one attached hydrogen (secondary N) is 1. The molecule has 1 N–H and O–H groups in total. The summed E-state index contributed by atoms with van der Waals surface area (Å²) in [7, 11) is 0. The highest BCUT2D eigenvalue weighted by atomic mass is 16.5. The topological polar surface area (TPSA) is 84.6 Å². The van der Waals surface area contributed by atoms with Crippen LogP contribution < -0.4 is 5.32 Å². The fraction of sp³-hybridized carbons (Fsp3) is 0.333. The van der Waals surface area contributed by atoms with Crippen LogP contribution in [0.4, 0.5) is 4.79 Å². The Bertz CT molecular complexity index is 1230. The standard InChI is InChI=1S/C24H26N6O2/c1-17-9-10-22-19(12-17)13-20(23-26-27-28-30(22)23)15-29(16-21-8-5-11-32-21)24(31)25-14-18-6-3-2-4-7-18/h2-4,6-7,9-10,12-13,21H,5,8,11,14-16H2,1H3,(H,25,31). The van der Waals surface area contributed by atoms with Gasteiger partial charge in [-0.1, -0.05) is 42.0 Å². The SMILES string of the molecule is Cc1ccc2c(c1)cc(CN(CC1CCCO1)C(=O)NCc1ccccc1)c1nnnn12. The maximum atomic E-state index is 13.2. The van der Waals surface area contributed by atoms with E-state index in [4.69, 9.17) is 4.74 Å². The number of aromatic nitrogens is 4. The first-order valence-corrected chi connectivity index (χ1v) is 11.0. The van der Waals surface area contributed by atoms with Crippen molar-refractivity contribution in [3.05, 3.63) is 71.3 Å². The number of carbonyl (C=O) groups excluding carboxylic acids is 1. The number of hydrogen-bond donors (Lipinski definition) is 1. The van der Waals surface area contributed by atoms with Crippen LogP contribution in [0, 0.1) is 6.92 Å². The summed E-state index contributed by atoms with van der Waals surface area (Å²) in [6.45, 7) is 4.20. The van der Waals surface area contributed by atoms with E-state index in [0.29, 0.717) is 25.3 Å². The molecule has 3 heterocycles. The molecule has 0 aliphatic carbocycles. The normalized spacial score (nSPS) is 16.0. The summed E-state index contributed by atoms with van der Waals surface area (Å²) in [6.07, 6.45) is 2.03. The summed E-state index contributed by atoms with van der Waals surface area (Å²) >= 11 is 0. The van der Waals surface area contributed by atoms with Crippen molar-refractivity contribution < 1.29 is 9.53 Å². The van der Waals surface area contributed by atoms with Gasteiger partial charge in [0.25, 0.3) is 0 Å². The number of benzene rings is 2. The number of pyridine rings is 1. The Morgan fingerprint density at radius 2 is 2.09 bits per heavy atom. The van der Waals surface area contributed by atoms with Crippen LogP contribution in [0.2, 0.25) is 0 Å². The summed E-state index contributed by atoms with van der Waals surface area (Å²) in [5, 5.41) is 16.4. The van der Waals surface area contributed by atoms with Gasteiger partial charge in [-0.25, -0.2) is 4.79 Å². The Labute approximate surface area is 186 Å². The van der Waals surface area contributed by atoms with Crippen LogP contribution in [0.25, 0.3) is 16.6 Å². The number of hydrogen-bond acceptors (Lipinski definition) is 5. The Morgan fingerprint density at radius 3 is 2.91 bits per heavy atom. The van der Waals surface area contributed by atoms with E-state index >= 15 is 0 Å². The predicted octanol–water partition coefficient (Wildman–Crippen LogP) is 3.48. The molecular weight excluding hydrogens is 404 g/mol. The lowest BCUT2D eigenvalue weighted by molar-refractivity contribution is 0.0795. The highest BCUT2D eigenvalue weighted by molar-refractivity contribution is 5.84. The molecule has 1 atom stereocenters. The summed E-state index contributed by atoms with van der Waals surface area (Å²) in [5.41, 5.74) is 4.73. The van der Waals surface area contributed by atoms with Crippen molar-refractivity contribution in [2.45, 2.75) is 39.0 Å². The zero-order chi connectivity index (χ0) is 21.9. The molecule has 8 nitrogen and oxygen atoms in total. The van der Waals surface area contributed by atoms with Crippen molar-refractivity contribution in [3.63, 3.8) is 0 Å². The lowest BCUT2D eigenvalue weighted by Crippen LogP contribution is -2.43. The number of carbonyl (C=O) groups is 1. The van der Waals surface area contributed by atoms with E-state index in [-0.39, 0.29) is 12.1 Å². The third-order valence-corrected chi connectivity index (χ3v) is 5.88. The molecule has 8 heteroatoms. The van der Waals surface area contributed by atoms with E-state index in [1.54, 1.807) is 4.52 Å². The number of ether oxygens (including phenoxy) is 1. The van der Waals surface area contributed by atoms with E-state index in [1.807, 2.05) is 47.4 Å². The molecule has 0 spiro atoms. The second-order valence-electron chi connectivity index (χ2n) is 8.31. The molecule has 2 aromatic carbocycles. The van der Waals surface area contributed by atoms with Crippen molar-refractivity contribution in [2.24, 2.45) is 0 Å². The van der Waals surface area contributed by atoms with Crippen LogP contribution >= 0.6 is 0 Å². The molecule has 1 unspecified atom stereocenters. The van der Waals surface area contributed by atoms with Gasteiger partial charge in [0.1, 0.15) is 0 Å². The highest BCUT2D eigenvalue weighted by Gasteiger charge is 2.24. The molecule has 164 valence electrons. The molecule has 1 aliphatic heterocycles. The number of amides is 2. The van der Waals surface area contributed by atoms with Crippen molar-refractivity contribution >= 4 is 22.6 Å². The maximum Gasteiger partial charge on any atom is 0.318 e. The summed E-state index contributed by atoms with van der Waals surface area (Å²) in [4.78, 5) is 15.0. The number of fused-ring (bicyclic) bond motifs is 3. The number of aryl methyl sites for hydroxylation is 1. The van der Waals surface area contributed by atoms with Gasteiger partial charge in [-0.2, -0.15) is 4.52 Å². The minimum absolute atomic E-state index is 0.0483. The fourth-order valence-electron chi connectivity index (χ4n) is 4.25.